The van der Waals surface area contributed by atoms with Crippen molar-refractivity contribution in [2.45, 2.75) is 39.0 Å². The quantitative estimate of drug-likeness (QED) is 0.474. The van der Waals surface area contributed by atoms with Gasteiger partial charge in [0.15, 0.2) is 0 Å². The summed E-state index contributed by atoms with van der Waals surface area (Å²) in [7, 11) is 0. The smallest absolute Gasteiger partial charge is 0.328 e. The van der Waals surface area contributed by atoms with Gasteiger partial charge >= 0.3 is 5.97 Å². The molecule has 0 fully saturated rings. The van der Waals surface area contributed by atoms with Gasteiger partial charge in [-0.25, -0.2) is 4.79 Å². The average Bonchev–Trinajstić information content (AvgIpc) is 2.78. The first-order valence-electron chi connectivity index (χ1n) is 6.20. The number of thiophene rings is 1. The Morgan fingerprint density at radius 3 is 2.94 bits per heavy atom. The summed E-state index contributed by atoms with van der Waals surface area (Å²) in [4.78, 5) is 10.4. The zero-order valence-electron chi connectivity index (χ0n) is 10.6. The largest absolute Gasteiger partial charge is 0.478 e. The van der Waals surface area contributed by atoms with Gasteiger partial charge in [-0.1, -0.05) is 38.0 Å². The molecule has 0 saturated carbocycles. The zero-order chi connectivity index (χ0) is 13.2. The molecule has 0 bridgehead atoms. The maximum absolute atomic E-state index is 10.4. The Kier molecular flexibility index (Phi) is 6.90. The lowest BCUT2D eigenvalue weighted by Gasteiger charge is -1.92. The van der Waals surface area contributed by atoms with Crippen molar-refractivity contribution in [3.63, 3.8) is 0 Å². The highest BCUT2D eigenvalue weighted by molar-refractivity contribution is 7.08. The van der Waals surface area contributed by atoms with Crippen molar-refractivity contribution in [1.82, 2.24) is 0 Å². The first-order valence-corrected chi connectivity index (χ1v) is 7.14. The Morgan fingerprint density at radius 1 is 1.39 bits per heavy atom. The minimum absolute atomic E-state index is 0.892. The molecule has 0 aliphatic rings. The van der Waals surface area contributed by atoms with E-state index in [0.717, 1.165) is 30.0 Å². The summed E-state index contributed by atoms with van der Waals surface area (Å²) >= 11 is 1.54. The van der Waals surface area contributed by atoms with E-state index in [9.17, 15) is 4.79 Å². The van der Waals surface area contributed by atoms with Gasteiger partial charge in [0.25, 0.3) is 0 Å². The molecule has 2 nitrogen and oxygen atoms in total. The van der Waals surface area contributed by atoms with E-state index in [4.69, 9.17) is 5.11 Å². The fourth-order valence-corrected chi connectivity index (χ4v) is 2.25. The summed E-state index contributed by atoms with van der Waals surface area (Å²) in [6.07, 6.45) is 8.55. The number of aliphatic carboxylic acids is 1. The molecule has 18 heavy (non-hydrogen) atoms. The van der Waals surface area contributed by atoms with Crippen LogP contribution in [0.25, 0.3) is 6.08 Å². The first kappa shape index (κ1) is 14.5. The Balaban J connectivity index is 2.50. The summed E-state index contributed by atoms with van der Waals surface area (Å²) < 4.78 is 0. The first-order chi connectivity index (χ1) is 8.74. The van der Waals surface area contributed by atoms with Crippen LogP contribution in [0.15, 0.2) is 16.8 Å². The summed E-state index contributed by atoms with van der Waals surface area (Å²) in [6, 6.07) is 0. The monoisotopic (exact) mass is 262 g/mol. The van der Waals surface area contributed by atoms with Crippen molar-refractivity contribution in [3.05, 3.63) is 28.0 Å². The number of hydrogen-bond donors (Lipinski definition) is 1. The minimum atomic E-state index is -0.931. The molecule has 1 heterocycles. The Labute approximate surface area is 112 Å². The van der Waals surface area contributed by atoms with Crippen molar-refractivity contribution in [3.8, 4) is 11.8 Å². The molecule has 0 aromatic carbocycles. The van der Waals surface area contributed by atoms with E-state index in [1.165, 1.54) is 19.3 Å². The molecule has 3 heteroatoms. The van der Waals surface area contributed by atoms with Gasteiger partial charge in [-0.15, -0.1) is 0 Å². The van der Waals surface area contributed by atoms with Crippen LogP contribution in [-0.4, -0.2) is 11.1 Å². The zero-order valence-corrected chi connectivity index (χ0v) is 11.4. The molecule has 1 N–H and O–H groups in total. The van der Waals surface area contributed by atoms with Crippen molar-refractivity contribution in [2.75, 3.05) is 0 Å². The molecule has 96 valence electrons. The third-order valence-electron chi connectivity index (χ3n) is 2.48. The second kappa shape index (κ2) is 8.54. The van der Waals surface area contributed by atoms with Crippen LogP contribution >= 0.6 is 11.3 Å². The molecule has 0 amide bonds. The molecule has 0 aliphatic carbocycles. The predicted octanol–water partition coefficient (Wildman–Crippen LogP) is 4.17. The molecule has 1 aromatic heterocycles. The summed E-state index contributed by atoms with van der Waals surface area (Å²) in [5.41, 5.74) is 1.82. The van der Waals surface area contributed by atoms with Gasteiger partial charge in [-0.2, -0.15) is 11.3 Å². The highest BCUT2D eigenvalue weighted by atomic mass is 32.1. The highest BCUT2D eigenvalue weighted by Gasteiger charge is 1.97. The topological polar surface area (TPSA) is 37.3 Å². The molecule has 0 atom stereocenters. The van der Waals surface area contributed by atoms with E-state index in [-0.39, 0.29) is 0 Å². The molecular formula is C15H18O2S. The fourth-order valence-electron chi connectivity index (χ4n) is 1.50. The number of rotatable bonds is 6. The minimum Gasteiger partial charge on any atom is -0.478 e. The van der Waals surface area contributed by atoms with Crippen LogP contribution in [0.4, 0.5) is 0 Å². The molecule has 0 radical (unpaired) electrons. The number of carbonyl (C=O) groups is 1. The molecule has 1 rings (SSSR count). The normalized spacial score (nSPS) is 10.3. The number of unbranched alkanes of at least 4 members (excludes halogenated alkanes) is 4. The SMILES string of the molecule is CCCCCCC#Cc1cscc1/C=C/C(=O)O. The lowest BCUT2D eigenvalue weighted by atomic mass is 10.1. The predicted molar refractivity (Wildman–Crippen MR) is 76.6 cm³/mol. The molecule has 0 saturated heterocycles. The molecular weight excluding hydrogens is 244 g/mol. The average molecular weight is 262 g/mol. The van der Waals surface area contributed by atoms with E-state index in [1.54, 1.807) is 17.4 Å². The lowest BCUT2D eigenvalue weighted by Crippen LogP contribution is -1.85. The van der Waals surface area contributed by atoms with Gasteiger partial charge in [0, 0.05) is 29.0 Å². The molecule has 0 spiro atoms. The van der Waals surface area contributed by atoms with Crippen LogP contribution in [0.2, 0.25) is 0 Å². The molecule has 1 aromatic rings. The van der Waals surface area contributed by atoms with E-state index in [0.29, 0.717) is 0 Å². The highest BCUT2D eigenvalue weighted by Crippen LogP contribution is 2.15. The fraction of sp³-hybridized carbons (Fsp3) is 0.400. The van der Waals surface area contributed by atoms with Crippen LogP contribution in [0.5, 0.6) is 0 Å². The summed E-state index contributed by atoms with van der Waals surface area (Å²) in [5.74, 6) is 5.33. The van der Waals surface area contributed by atoms with E-state index >= 15 is 0 Å². The van der Waals surface area contributed by atoms with Gasteiger partial charge in [-0.05, 0) is 17.9 Å². The Morgan fingerprint density at radius 2 is 2.22 bits per heavy atom. The number of carboxylic acids is 1. The van der Waals surface area contributed by atoms with Gasteiger partial charge in [-0.3, -0.25) is 0 Å². The summed E-state index contributed by atoms with van der Waals surface area (Å²) in [6.45, 7) is 2.19. The van der Waals surface area contributed by atoms with Crippen molar-refractivity contribution >= 4 is 23.4 Å². The van der Waals surface area contributed by atoms with Gasteiger partial charge < -0.3 is 5.11 Å². The maximum Gasteiger partial charge on any atom is 0.328 e. The number of carboxylic acid groups (broad SMARTS) is 1. The molecule has 0 aliphatic heterocycles. The van der Waals surface area contributed by atoms with Crippen molar-refractivity contribution < 1.29 is 9.90 Å². The Bertz CT molecular complexity index is 460. The second-order valence-corrected chi connectivity index (χ2v) is 4.77. The van der Waals surface area contributed by atoms with Gasteiger partial charge in [0.05, 0.1) is 0 Å². The Hall–Kier alpha value is -1.53. The maximum atomic E-state index is 10.4. The van der Waals surface area contributed by atoms with Crippen LogP contribution in [0.3, 0.4) is 0 Å². The van der Waals surface area contributed by atoms with Crippen molar-refractivity contribution in [2.24, 2.45) is 0 Å². The second-order valence-electron chi connectivity index (χ2n) is 4.02. The van der Waals surface area contributed by atoms with E-state index in [2.05, 4.69) is 18.8 Å². The van der Waals surface area contributed by atoms with Crippen LogP contribution in [-0.2, 0) is 4.79 Å². The summed E-state index contributed by atoms with van der Waals surface area (Å²) in [5, 5.41) is 12.5. The lowest BCUT2D eigenvalue weighted by molar-refractivity contribution is -0.131. The van der Waals surface area contributed by atoms with E-state index in [1.807, 2.05) is 10.8 Å². The van der Waals surface area contributed by atoms with Crippen LogP contribution in [0.1, 0.15) is 50.2 Å². The van der Waals surface area contributed by atoms with Gasteiger partial charge in [0.2, 0.25) is 0 Å². The number of hydrogen-bond acceptors (Lipinski definition) is 2. The molecule has 0 unspecified atom stereocenters. The van der Waals surface area contributed by atoms with Crippen molar-refractivity contribution in [1.29, 1.82) is 0 Å². The van der Waals surface area contributed by atoms with Crippen LogP contribution in [0, 0.1) is 11.8 Å². The van der Waals surface area contributed by atoms with E-state index < -0.39 is 5.97 Å². The third kappa shape index (κ3) is 5.70. The third-order valence-corrected chi connectivity index (χ3v) is 3.24. The van der Waals surface area contributed by atoms with Crippen LogP contribution < -0.4 is 0 Å². The van der Waals surface area contributed by atoms with Gasteiger partial charge in [0.1, 0.15) is 0 Å². The standard InChI is InChI=1S/C15H18O2S/c1-2-3-4-5-6-7-8-13-11-18-12-14(13)9-10-15(16)17/h9-12H,2-6H2,1H3,(H,16,17)/b10-9+.